The van der Waals surface area contributed by atoms with E-state index in [-0.39, 0.29) is 0 Å². The molecule has 14 rings (SSSR count). The summed E-state index contributed by atoms with van der Waals surface area (Å²) >= 11 is 0. The molecule has 0 amide bonds. The van der Waals surface area contributed by atoms with E-state index in [1.807, 2.05) is 0 Å². The second kappa shape index (κ2) is 13.5. The number of anilines is 4. The molecule has 2 fully saturated rings. The van der Waals surface area contributed by atoms with Crippen LogP contribution in [0, 0.1) is 11.8 Å². The highest BCUT2D eigenvalue weighted by atomic mass is 16.3. The maximum atomic E-state index is 12.3. The molecule has 6 aliphatic rings. The maximum Gasteiger partial charge on any atom is 0.167 e. The number of benzene rings is 8. The molecule has 4 atom stereocenters. The molecule has 8 aromatic carbocycles. The lowest BCUT2D eigenvalue weighted by Crippen LogP contribution is -2.61. The number of nitrogens with zero attached hydrogens (tertiary/aromatic N) is 4. The lowest BCUT2D eigenvalue weighted by Gasteiger charge is -2.57. The standard InChI is InChI=1S/C59H52N4O4/c1-60-46-25-13-15-32-27-29-38(52(48(32)46)62(3)58(60)42-21-9-5-17-34(42)35-18-6-10-22-43(35)58)50-54(64)40(55(50)65)31-41-56(66)51(57(41)67)39-30-28-33-16-14-26-47-49(33)53(39)63(4)59(61(47)2)44-23-11-7-19-36(44)37-20-8-12-24-45(37)59/h5-30,40-41,50-51,54-57,64-67H,31H2,1-4H3. The van der Waals surface area contributed by atoms with Crippen molar-refractivity contribution in [3.05, 3.63) is 191 Å². The third kappa shape index (κ3) is 4.53. The van der Waals surface area contributed by atoms with Crippen molar-refractivity contribution in [3.63, 3.8) is 0 Å². The summed E-state index contributed by atoms with van der Waals surface area (Å²) in [6, 6.07) is 55.9. The van der Waals surface area contributed by atoms with Crippen molar-refractivity contribution < 1.29 is 20.4 Å². The van der Waals surface area contributed by atoms with Crippen molar-refractivity contribution in [2.75, 3.05) is 47.8 Å². The Morgan fingerprint density at radius 2 is 0.701 bits per heavy atom. The SMILES string of the molecule is CN1c2cccc3ccc(C4C(O)C(CC5C(O)C(c6ccc7cccc8c7c6N(C)C6(c7ccccc7-c7ccccc76)N8C)C5O)C4O)c(c23)N(C)C12c1ccccc1-c1ccccc12. The first-order chi connectivity index (χ1) is 32.6. The lowest BCUT2D eigenvalue weighted by molar-refractivity contribution is -0.168. The van der Waals surface area contributed by atoms with Crippen LogP contribution >= 0.6 is 0 Å². The highest BCUT2D eigenvalue weighted by Gasteiger charge is 2.60. The highest BCUT2D eigenvalue weighted by Crippen LogP contribution is 2.63. The van der Waals surface area contributed by atoms with Gasteiger partial charge in [-0.05, 0) is 62.7 Å². The molecule has 0 radical (unpaired) electrons. The summed E-state index contributed by atoms with van der Waals surface area (Å²) < 4.78 is 0. The topological polar surface area (TPSA) is 93.9 Å². The second-order valence-electron chi connectivity index (χ2n) is 20.1. The highest BCUT2D eigenvalue weighted by molar-refractivity contribution is 6.10. The first-order valence-corrected chi connectivity index (χ1v) is 23.8. The lowest BCUT2D eigenvalue weighted by atomic mass is 9.56. The quantitative estimate of drug-likeness (QED) is 0.139. The average molecular weight is 881 g/mol. The minimum Gasteiger partial charge on any atom is -0.392 e. The number of aliphatic hydroxyl groups excluding tert-OH is 4. The van der Waals surface area contributed by atoms with Gasteiger partial charge in [0.25, 0.3) is 0 Å². The van der Waals surface area contributed by atoms with Gasteiger partial charge in [0.2, 0.25) is 0 Å². The average Bonchev–Trinajstić information content (AvgIpc) is 3.83. The van der Waals surface area contributed by atoms with Crippen molar-refractivity contribution in [2.24, 2.45) is 11.8 Å². The van der Waals surface area contributed by atoms with Crippen LogP contribution < -0.4 is 19.6 Å². The molecule has 67 heavy (non-hydrogen) atoms. The summed E-state index contributed by atoms with van der Waals surface area (Å²) in [5, 5.41) is 53.7. The van der Waals surface area contributed by atoms with Crippen LogP contribution in [0.5, 0.6) is 0 Å². The molecular formula is C59H52N4O4. The number of hydrogen-bond acceptors (Lipinski definition) is 8. The van der Waals surface area contributed by atoms with Crippen LogP contribution in [-0.2, 0) is 11.3 Å². The van der Waals surface area contributed by atoms with E-state index >= 15 is 0 Å². The van der Waals surface area contributed by atoms with Gasteiger partial charge < -0.3 is 40.0 Å². The summed E-state index contributed by atoms with van der Waals surface area (Å²) in [7, 11) is 8.67. The van der Waals surface area contributed by atoms with Crippen molar-refractivity contribution in [2.45, 2.75) is 54.0 Å². The summed E-state index contributed by atoms with van der Waals surface area (Å²) in [5.74, 6) is -2.16. The first-order valence-electron chi connectivity index (χ1n) is 23.8. The fraction of sp³-hybridized carbons (Fsp3) is 0.254. The fourth-order valence-corrected chi connectivity index (χ4v) is 14.7. The van der Waals surface area contributed by atoms with Crippen LogP contribution in [-0.4, -0.2) is 73.0 Å². The molecule has 2 saturated carbocycles. The largest absolute Gasteiger partial charge is 0.392 e. The van der Waals surface area contributed by atoms with Gasteiger partial charge in [0.15, 0.2) is 11.3 Å². The molecule has 8 nitrogen and oxygen atoms in total. The number of hydrogen-bond donors (Lipinski definition) is 4. The van der Waals surface area contributed by atoms with Gasteiger partial charge in [0.05, 0.1) is 35.8 Å². The first kappa shape index (κ1) is 39.5. The van der Waals surface area contributed by atoms with E-state index in [9.17, 15) is 20.4 Å². The minimum atomic E-state index is -0.880. The monoisotopic (exact) mass is 880 g/mol. The fourth-order valence-electron chi connectivity index (χ4n) is 14.7. The van der Waals surface area contributed by atoms with Crippen LogP contribution in [0.2, 0.25) is 0 Å². The van der Waals surface area contributed by atoms with E-state index < -0.39 is 59.4 Å². The van der Waals surface area contributed by atoms with Crippen molar-refractivity contribution >= 4 is 44.3 Å². The minimum absolute atomic E-state index is 0.298. The summed E-state index contributed by atoms with van der Waals surface area (Å²) in [5.41, 5.74) is 14.2. The predicted molar refractivity (Wildman–Crippen MR) is 268 cm³/mol. The molecule has 2 heterocycles. The Bertz CT molecular complexity index is 3090. The molecule has 8 aromatic rings. The number of rotatable bonds is 4. The van der Waals surface area contributed by atoms with Crippen LogP contribution in [0.4, 0.5) is 22.7 Å². The van der Waals surface area contributed by atoms with Crippen LogP contribution in [0.15, 0.2) is 158 Å². The zero-order valence-electron chi connectivity index (χ0n) is 37.9. The van der Waals surface area contributed by atoms with Crippen molar-refractivity contribution in [3.8, 4) is 22.3 Å². The molecule has 4 aliphatic carbocycles. The zero-order chi connectivity index (χ0) is 45.4. The maximum absolute atomic E-state index is 12.3. The molecule has 4 N–H and O–H groups in total. The summed E-state index contributed by atoms with van der Waals surface area (Å²) in [6.45, 7) is 0. The van der Waals surface area contributed by atoms with Gasteiger partial charge in [-0.2, -0.15) is 0 Å². The molecule has 2 spiro atoms. The molecule has 4 unspecified atom stereocenters. The third-order valence-electron chi connectivity index (χ3n) is 17.7. The Hall–Kier alpha value is -6.68. The van der Waals surface area contributed by atoms with Gasteiger partial charge in [0, 0.05) is 96.3 Å². The normalized spacial score (nSPS) is 26.4. The van der Waals surface area contributed by atoms with Gasteiger partial charge in [-0.15, -0.1) is 0 Å². The van der Waals surface area contributed by atoms with E-state index in [0.29, 0.717) is 6.42 Å². The third-order valence-corrected chi connectivity index (χ3v) is 17.7. The Balaban J connectivity index is 0.807. The van der Waals surface area contributed by atoms with Gasteiger partial charge in [-0.25, -0.2) is 0 Å². The van der Waals surface area contributed by atoms with Gasteiger partial charge >= 0.3 is 0 Å². The van der Waals surface area contributed by atoms with Gasteiger partial charge in [-0.3, -0.25) is 0 Å². The molecular weight excluding hydrogens is 829 g/mol. The van der Waals surface area contributed by atoms with Crippen LogP contribution in [0.1, 0.15) is 51.6 Å². The Morgan fingerprint density at radius 1 is 0.373 bits per heavy atom. The Kier molecular flexibility index (Phi) is 7.95. The van der Waals surface area contributed by atoms with Crippen LogP contribution in [0.3, 0.4) is 0 Å². The molecule has 0 bridgehead atoms. The van der Waals surface area contributed by atoms with E-state index in [1.165, 1.54) is 44.5 Å². The molecule has 0 aromatic heterocycles. The Morgan fingerprint density at radius 3 is 1.04 bits per heavy atom. The smallest absolute Gasteiger partial charge is 0.167 e. The molecule has 8 heteroatoms. The van der Waals surface area contributed by atoms with Crippen LogP contribution in [0.25, 0.3) is 43.8 Å². The van der Waals surface area contributed by atoms with Crippen molar-refractivity contribution in [1.29, 1.82) is 0 Å². The molecule has 332 valence electrons. The van der Waals surface area contributed by atoms with E-state index in [1.54, 1.807) is 0 Å². The van der Waals surface area contributed by atoms with E-state index in [2.05, 4.69) is 206 Å². The molecule has 2 aliphatic heterocycles. The number of fused-ring (bicyclic) bond motifs is 10. The Labute approximate surface area is 390 Å². The van der Waals surface area contributed by atoms with E-state index in [0.717, 1.165) is 55.4 Å². The van der Waals surface area contributed by atoms with Crippen molar-refractivity contribution in [1.82, 2.24) is 0 Å². The zero-order valence-corrected chi connectivity index (χ0v) is 37.9. The second-order valence-corrected chi connectivity index (χ2v) is 20.1. The van der Waals surface area contributed by atoms with E-state index in [4.69, 9.17) is 0 Å². The molecule has 0 saturated heterocycles. The number of aliphatic hydroxyl groups is 4. The van der Waals surface area contributed by atoms with Gasteiger partial charge in [0.1, 0.15) is 0 Å². The predicted octanol–water partition coefficient (Wildman–Crippen LogP) is 9.49. The summed E-state index contributed by atoms with van der Waals surface area (Å²) in [6.07, 6.45) is -3.22. The summed E-state index contributed by atoms with van der Waals surface area (Å²) in [4.78, 5) is 9.55. The van der Waals surface area contributed by atoms with Gasteiger partial charge in [-0.1, -0.05) is 146 Å².